The fourth-order valence-electron chi connectivity index (χ4n) is 3.21. The lowest BCUT2D eigenvalue weighted by molar-refractivity contribution is -0.125. The Balaban J connectivity index is 1.73. The molecule has 1 aromatic carbocycles. The lowest BCUT2D eigenvalue weighted by atomic mass is 9.92. The van der Waals surface area contributed by atoms with Crippen LogP contribution in [0, 0.1) is 13.8 Å². The summed E-state index contributed by atoms with van der Waals surface area (Å²) in [5, 5.41) is 6.58. The highest BCUT2D eigenvalue weighted by molar-refractivity contribution is 7.94. The Hall–Kier alpha value is -2.15. The number of anilines is 1. The van der Waals surface area contributed by atoms with Crippen LogP contribution in [-0.4, -0.2) is 32.0 Å². The molecule has 0 spiro atoms. The second-order valence-corrected chi connectivity index (χ2v) is 8.05. The molecule has 0 aliphatic carbocycles. The summed E-state index contributed by atoms with van der Waals surface area (Å²) in [4.78, 5) is 24.3. The molecule has 0 bridgehead atoms. The predicted molar refractivity (Wildman–Crippen MR) is 86.8 cm³/mol. The van der Waals surface area contributed by atoms with E-state index in [1.54, 1.807) is 0 Å². The van der Waals surface area contributed by atoms with Crippen LogP contribution in [0.5, 0.6) is 0 Å². The van der Waals surface area contributed by atoms with Gasteiger partial charge < -0.3 is 10.6 Å². The Morgan fingerprint density at radius 1 is 1.35 bits per heavy atom. The first kappa shape index (κ1) is 15.7. The maximum Gasteiger partial charge on any atom is 0.232 e. The highest BCUT2D eigenvalue weighted by Gasteiger charge is 2.34. The largest absolute Gasteiger partial charge is 0.349 e. The van der Waals surface area contributed by atoms with Gasteiger partial charge >= 0.3 is 0 Å². The quantitative estimate of drug-likeness (QED) is 0.867. The molecule has 6 nitrogen and oxygen atoms in total. The first-order valence-electron chi connectivity index (χ1n) is 7.37. The minimum Gasteiger partial charge on any atom is -0.349 e. The lowest BCUT2D eigenvalue weighted by Gasteiger charge is -2.14. The van der Waals surface area contributed by atoms with Gasteiger partial charge in [0.15, 0.2) is 9.84 Å². The molecule has 2 N–H and O–H groups in total. The summed E-state index contributed by atoms with van der Waals surface area (Å²) >= 11 is 0. The molecule has 0 aromatic heterocycles. The van der Waals surface area contributed by atoms with Crippen LogP contribution < -0.4 is 10.6 Å². The minimum absolute atomic E-state index is 0.00707. The number of nitrogens with one attached hydrogen (secondary N) is 2. The fourth-order valence-corrected chi connectivity index (χ4v) is 4.44. The zero-order chi connectivity index (χ0) is 16.8. The van der Waals surface area contributed by atoms with E-state index in [2.05, 4.69) is 10.6 Å². The van der Waals surface area contributed by atoms with Crippen LogP contribution in [0.25, 0.3) is 0 Å². The van der Waals surface area contributed by atoms with Crippen LogP contribution in [0.1, 0.15) is 29.0 Å². The minimum atomic E-state index is -3.21. The molecule has 2 atom stereocenters. The number of aryl methyl sites for hydroxylation is 2. The molecule has 2 aliphatic rings. The molecular weight excluding hydrogens is 316 g/mol. The molecule has 0 unspecified atom stereocenters. The summed E-state index contributed by atoms with van der Waals surface area (Å²) in [6, 6.07) is 3.36. The molecular formula is C16H18N2O4S. The molecule has 2 amide bonds. The Labute approximate surface area is 134 Å². The van der Waals surface area contributed by atoms with E-state index >= 15 is 0 Å². The van der Waals surface area contributed by atoms with Crippen molar-refractivity contribution < 1.29 is 18.0 Å². The highest BCUT2D eigenvalue weighted by atomic mass is 32.2. The molecule has 0 saturated carbocycles. The molecule has 0 saturated heterocycles. The van der Waals surface area contributed by atoms with Crippen molar-refractivity contribution >= 4 is 27.3 Å². The average Bonchev–Trinajstić information content (AvgIpc) is 2.90. The number of hydrogen-bond acceptors (Lipinski definition) is 4. The van der Waals surface area contributed by atoms with Gasteiger partial charge in [-0.15, -0.1) is 0 Å². The molecule has 0 radical (unpaired) electrons. The third-order valence-electron chi connectivity index (χ3n) is 4.12. The van der Waals surface area contributed by atoms with Crippen molar-refractivity contribution in [2.75, 3.05) is 11.1 Å². The van der Waals surface area contributed by atoms with E-state index in [-0.39, 0.29) is 24.0 Å². The van der Waals surface area contributed by atoms with Crippen LogP contribution in [0.15, 0.2) is 23.6 Å². The average molecular weight is 334 g/mol. The number of benzene rings is 1. The molecule has 23 heavy (non-hydrogen) atoms. The molecule has 3 rings (SSSR count). The van der Waals surface area contributed by atoms with Gasteiger partial charge in [-0.1, -0.05) is 6.07 Å². The van der Waals surface area contributed by atoms with Crippen LogP contribution in [0.2, 0.25) is 0 Å². The van der Waals surface area contributed by atoms with Crippen molar-refractivity contribution in [2.24, 2.45) is 0 Å². The van der Waals surface area contributed by atoms with Gasteiger partial charge in [-0.05, 0) is 42.7 Å². The molecule has 7 heteroatoms. The van der Waals surface area contributed by atoms with Crippen molar-refractivity contribution in [2.45, 2.75) is 32.2 Å². The van der Waals surface area contributed by atoms with Gasteiger partial charge in [-0.25, -0.2) is 8.42 Å². The van der Waals surface area contributed by atoms with Gasteiger partial charge in [0, 0.05) is 17.5 Å². The molecule has 2 heterocycles. The standard InChI is InChI=1S/C16H18N2O4S/c1-9-5-10(2)15-12(16(20)18-13(15)6-9)7-14(19)17-11-3-4-23(21,22)8-11/h3-6,11-12H,7-8H2,1-2H3,(H,17,19)(H,18,20)/t11-,12-/m1/s1. The third kappa shape index (κ3) is 3.14. The summed E-state index contributed by atoms with van der Waals surface area (Å²) in [6.07, 6.45) is 1.47. The maximum atomic E-state index is 12.2. The molecule has 2 aliphatic heterocycles. The zero-order valence-corrected chi connectivity index (χ0v) is 13.7. The summed E-state index contributed by atoms with van der Waals surface area (Å²) < 4.78 is 22.7. The van der Waals surface area contributed by atoms with Crippen molar-refractivity contribution in [1.82, 2.24) is 5.32 Å². The van der Waals surface area contributed by atoms with Gasteiger partial charge in [-0.2, -0.15) is 0 Å². The van der Waals surface area contributed by atoms with E-state index in [1.165, 1.54) is 6.08 Å². The Morgan fingerprint density at radius 2 is 2.09 bits per heavy atom. The predicted octanol–water partition coefficient (Wildman–Crippen LogP) is 1.16. The van der Waals surface area contributed by atoms with Crippen LogP contribution >= 0.6 is 0 Å². The molecule has 0 fully saturated rings. The highest BCUT2D eigenvalue weighted by Crippen LogP contribution is 2.37. The van der Waals surface area contributed by atoms with Crippen molar-refractivity contribution in [3.05, 3.63) is 40.3 Å². The van der Waals surface area contributed by atoms with Crippen molar-refractivity contribution in [3.63, 3.8) is 0 Å². The summed E-state index contributed by atoms with van der Waals surface area (Å²) in [6.45, 7) is 3.87. The van der Waals surface area contributed by atoms with Gasteiger partial charge in [0.2, 0.25) is 11.8 Å². The Kier molecular flexibility index (Phi) is 3.75. The second-order valence-electron chi connectivity index (χ2n) is 6.12. The Bertz CT molecular complexity index is 827. The summed E-state index contributed by atoms with van der Waals surface area (Å²) in [5.41, 5.74) is 3.63. The lowest BCUT2D eigenvalue weighted by Crippen LogP contribution is -2.36. The number of hydrogen-bond donors (Lipinski definition) is 2. The van der Waals surface area contributed by atoms with Crippen LogP contribution in [0.3, 0.4) is 0 Å². The number of amides is 2. The topological polar surface area (TPSA) is 92.3 Å². The summed E-state index contributed by atoms with van der Waals surface area (Å²) in [7, 11) is -3.21. The van der Waals surface area contributed by atoms with E-state index in [1.807, 2.05) is 26.0 Å². The van der Waals surface area contributed by atoms with E-state index in [0.29, 0.717) is 0 Å². The van der Waals surface area contributed by atoms with Gasteiger partial charge in [0.25, 0.3) is 0 Å². The van der Waals surface area contributed by atoms with Gasteiger partial charge in [-0.3, -0.25) is 9.59 Å². The van der Waals surface area contributed by atoms with Gasteiger partial charge in [0.05, 0.1) is 17.7 Å². The number of carbonyl (C=O) groups is 2. The van der Waals surface area contributed by atoms with Crippen LogP contribution in [0.4, 0.5) is 5.69 Å². The smallest absolute Gasteiger partial charge is 0.232 e. The van der Waals surface area contributed by atoms with Gasteiger partial charge in [0.1, 0.15) is 0 Å². The number of fused-ring (bicyclic) bond motifs is 1. The normalized spacial score (nSPS) is 24.3. The number of sulfone groups is 1. The second kappa shape index (κ2) is 5.49. The SMILES string of the molecule is Cc1cc(C)c2c(c1)NC(=O)[C@@H]2CC(=O)N[C@@H]1C=CS(=O)(=O)C1. The molecule has 1 aromatic rings. The van der Waals surface area contributed by atoms with Crippen LogP contribution in [-0.2, 0) is 19.4 Å². The fraction of sp³-hybridized carbons (Fsp3) is 0.375. The summed E-state index contributed by atoms with van der Waals surface area (Å²) in [5.74, 6) is -1.18. The van der Waals surface area contributed by atoms with E-state index < -0.39 is 21.8 Å². The Morgan fingerprint density at radius 3 is 2.74 bits per heavy atom. The monoisotopic (exact) mass is 334 g/mol. The molecule has 122 valence electrons. The number of rotatable bonds is 3. The third-order valence-corrected chi connectivity index (χ3v) is 5.52. The first-order chi connectivity index (χ1) is 10.7. The van der Waals surface area contributed by atoms with E-state index in [0.717, 1.165) is 27.8 Å². The van der Waals surface area contributed by atoms with Crippen molar-refractivity contribution in [3.8, 4) is 0 Å². The van der Waals surface area contributed by atoms with Crippen molar-refractivity contribution in [1.29, 1.82) is 0 Å². The number of carbonyl (C=O) groups excluding carboxylic acids is 2. The van der Waals surface area contributed by atoms with E-state index in [9.17, 15) is 18.0 Å². The first-order valence-corrected chi connectivity index (χ1v) is 9.09. The maximum absolute atomic E-state index is 12.2. The zero-order valence-electron chi connectivity index (χ0n) is 12.9. The van der Waals surface area contributed by atoms with E-state index in [4.69, 9.17) is 0 Å².